The van der Waals surface area contributed by atoms with Crippen LogP contribution in [0.2, 0.25) is 0 Å². The van der Waals surface area contributed by atoms with Crippen LogP contribution in [0.15, 0.2) is 28.7 Å². The van der Waals surface area contributed by atoms with E-state index < -0.39 is 5.60 Å². The van der Waals surface area contributed by atoms with Crippen LogP contribution >= 0.6 is 15.9 Å². The first-order valence-corrected chi connectivity index (χ1v) is 9.08. The second-order valence-corrected chi connectivity index (χ2v) is 8.07. The molecule has 0 spiro atoms. The third kappa shape index (κ3) is 6.51. The van der Waals surface area contributed by atoms with Gasteiger partial charge in [0.2, 0.25) is 0 Å². The average molecular weight is 383 g/mol. The van der Waals surface area contributed by atoms with Crippen LogP contribution in [0.3, 0.4) is 0 Å². The Morgan fingerprint density at radius 2 is 2.04 bits per heavy atom. The number of halogens is 1. The van der Waals surface area contributed by atoms with Gasteiger partial charge in [-0.25, -0.2) is 4.79 Å². The minimum absolute atomic E-state index is 0.337. The van der Waals surface area contributed by atoms with Gasteiger partial charge in [-0.1, -0.05) is 28.1 Å². The number of carbonyl (C=O) groups is 1. The minimum atomic E-state index is -0.435. The summed E-state index contributed by atoms with van der Waals surface area (Å²) in [5, 5.41) is 6.34. The summed E-state index contributed by atoms with van der Waals surface area (Å²) >= 11 is 3.53. The summed E-state index contributed by atoms with van der Waals surface area (Å²) in [6, 6.07) is 9.18. The standard InChI is InChI=1S/C18H27BrN2O2/c1-18(2,3)23-17(22)21-9-5-8-20-16-11-14(12-16)13-6-4-7-15(19)10-13/h4,6-7,10,14,16,20H,5,8-9,11-12H2,1-3H3,(H,21,22). The van der Waals surface area contributed by atoms with E-state index in [1.54, 1.807) is 0 Å². The van der Waals surface area contributed by atoms with Gasteiger partial charge in [-0.3, -0.25) is 0 Å². The van der Waals surface area contributed by atoms with E-state index in [-0.39, 0.29) is 6.09 Å². The molecule has 128 valence electrons. The molecule has 1 aromatic rings. The van der Waals surface area contributed by atoms with Crippen molar-refractivity contribution < 1.29 is 9.53 Å². The molecule has 5 heteroatoms. The molecule has 1 saturated carbocycles. The molecule has 1 aromatic carbocycles. The van der Waals surface area contributed by atoms with E-state index in [0.717, 1.165) is 17.4 Å². The van der Waals surface area contributed by atoms with Crippen molar-refractivity contribution in [3.05, 3.63) is 34.3 Å². The van der Waals surface area contributed by atoms with Gasteiger partial charge in [-0.15, -0.1) is 0 Å². The molecule has 1 aliphatic carbocycles. The second-order valence-electron chi connectivity index (χ2n) is 7.16. The molecule has 2 N–H and O–H groups in total. The van der Waals surface area contributed by atoms with Gasteiger partial charge in [-0.2, -0.15) is 0 Å². The zero-order valence-corrected chi connectivity index (χ0v) is 15.8. The Labute approximate surface area is 147 Å². The molecule has 23 heavy (non-hydrogen) atoms. The van der Waals surface area contributed by atoms with Crippen molar-refractivity contribution in [2.45, 2.75) is 57.6 Å². The van der Waals surface area contributed by atoms with Crippen LogP contribution < -0.4 is 10.6 Å². The third-order valence-electron chi connectivity index (χ3n) is 3.91. The number of benzene rings is 1. The molecule has 0 radical (unpaired) electrons. The van der Waals surface area contributed by atoms with E-state index >= 15 is 0 Å². The lowest BCUT2D eigenvalue weighted by Crippen LogP contribution is -2.41. The number of carbonyl (C=O) groups excluding carboxylic acids is 1. The molecule has 0 saturated heterocycles. The maximum absolute atomic E-state index is 11.5. The Balaban J connectivity index is 1.53. The Morgan fingerprint density at radius 3 is 2.70 bits per heavy atom. The highest BCUT2D eigenvalue weighted by Crippen LogP contribution is 2.37. The van der Waals surface area contributed by atoms with E-state index in [0.29, 0.717) is 18.5 Å². The van der Waals surface area contributed by atoms with Crippen molar-refractivity contribution in [3.63, 3.8) is 0 Å². The normalized spacial score (nSPS) is 20.7. The molecule has 0 unspecified atom stereocenters. The number of rotatable bonds is 6. The van der Waals surface area contributed by atoms with Crippen LogP contribution in [0.1, 0.15) is 51.5 Å². The number of alkyl carbamates (subject to hydrolysis) is 1. The summed E-state index contributed by atoms with van der Waals surface area (Å²) in [6.07, 6.45) is 2.96. The predicted molar refractivity (Wildman–Crippen MR) is 96.8 cm³/mol. The molecular weight excluding hydrogens is 356 g/mol. The summed E-state index contributed by atoms with van der Waals surface area (Å²) in [5.41, 5.74) is 0.986. The summed E-state index contributed by atoms with van der Waals surface area (Å²) in [6.45, 7) is 7.17. The predicted octanol–water partition coefficient (Wildman–Crippen LogP) is 4.20. The first kappa shape index (κ1) is 18.3. The van der Waals surface area contributed by atoms with Gasteiger partial charge in [0.15, 0.2) is 0 Å². The van der Waals surface area contributed by atoms with Crippen LogP contribution in [0, 0.1) is 0 Å². The number of amides is 1. The van der Waals surface area contributed by atoms with E-state index in [2.05, 4.69) is 50.8 Å². The van der Waals surface area contributed by atoms with Crippen molar-refractivity contribution in [1.82, 2.24) is 10.6 Å². The van der Waals surface area contributed by atoms with Gasteiger partial charge in [0, 0.05) is 17.1 Å². The molecule has 0 aromatic heterocycles. The fourth-order valence-electron chi connectivity index (χ4n) is 2.72. The zero-order valence-electron chi connectivity index (χ0n) is 14.2. The number of hydrogen-bond acceptors (Lipinski definition) is 3. The molecule has 1 fully saturated rings. The van der Waals surface area contributed by atoms with Crippen molar-refractivity contribution >= 4 is 22.0 Å². The molecule has 1 aliphatic rings. The van der Waals surface area contributed by atoms with E-state index in [4.69, 9.17) is 4.74 Å². The molecule has 0 bridgehead atoms. The fourth-order valence-corrected chi connectivity index (χ4v) is 3.13. The maximum Gasteiger partial charge on any atom is 0.407 e. The topological polar surface area (TPSA) is 50.4 Å². The second kappa shape index (κ2) is 8.15. The average Bonchev–Trinajstić information content (AvgIpc) is 2.38. The summed E-state index contributed by atoms with van der Waals surface area (Å²) < 4.78 is 6.35. The van der Waals surface area contributed by atoms with Crippen LogP contribution in [0.5, 0.6) is 0 Å². The first-order chi connectivity index (χ1) is 10.8. The van der Waals surface area contributed by atoms with Gasteiger partial charge in [0.25, 0.3) is 0 Å². The van der Waals surface area contributed by atoms with Crippen molar-refractivity contribution in [1.29, 1.82) is 0 Å². The highest BCUT2D eigenvalue weighted by Gasteiger charge is 2.29. The highest BCUT2D eigenvalue weighted by atomic mass is 79.9. The molecule has 0 atom stereocenters. The van der Waals surface area contributed by atoms with E-state index in [1.165, 1.54) is 18.4 Å². The Kier molecular flexibility index (Phi) is 6.48. The van der Waals surface area contributed by atoms with E-state index in [9.17, 15) is 4.79 Å². The number of nitrogens with one attached hydrogen (secondary N) is 2. The monoisotopic (exact) mass is 382 g/mol. The maximum atomic E-state index is 11.5. The number of hydrogen-bond donors (Lipinski definition) is 2. The lowest BCUT2D eigenvalue weighted by atomic mass is 9.76. The van der Waals surface area contributed by atoms with Crippen LogP contribution in [0.4, 0.5) is 4.79 Å². The zero-order chi connectivity index (χ0) is 16.9. The molecule has 1 amide bonds. The van der Waals surface area contributed by atoms with Gasteiger partial charge >= 0.3 is 6.09 Å². The van der Waals surface area contributed by atoms with Gasteiger partial charge in [0.05, 0.1) is 0 Å². The van der Waals surface area contributed by atoms with Gasteiger partial charge in [-0.05, 0) is 70.2 Å². The fraction of sp³-hybridized carbons (Fsp3) is 0.611. The van der Waals surface area contributed by atoms with Gasteiger partial charge < -0.3 is 15.4 Å². The molecule has 0 heterocycles. The lowest BCUT2D eigenvalue weighted by Gasteiger charge is -2.36. The largest absolute Gasteiger partial charge is 0.444 e. The molecule has 4 nitrogen and oxygen atoms in total. The van der Waals surface area contributed by atoms with Crippen LogP contribution in [-0.4, -0.2) is 30.8 Å². The minimum Gasteiger partial charge on any atom is -0.444 e. The Bertz CT molecular complexity index is 522. The highest BCUT2D eigenvalue weighted by molar-refractivity contribution is 9.10. The summed E-state index contributed by atoms with van der Waals surface area (Å²) in [7, 11) is 0. The summed E-state index contributed by atoms with van der Waals surface area (Å²) in [4.78, 5) is 11.5. The summed E-state index contributed by atoms with van der Waals surface area (Å²) in [5.74, 6) is 0.671. The Hall–Kier alpha value is -1.07. The quantitative estimate of drug-likeness (QED) is 0.724. The lowest BCUT2D eigenvalue weighted by molar-refractivity contribution is 0.0527. The third-order valence-corrected chi connectivity index (χ3v) is 4.41. The molecule has 2 rings (SSSR count). The van der Waals surface area contributed by atoms with Crippen molar-refractivity contribution in [2.75, 3.05) is 13.1 Å². The smallest absolute Gasteiger partial charge is 0.407 e. The molecule has 0 aliphatic heterocycles. The van der Waals surface area contributed by atoms with E-state index in [1.807, 2.05) is 20.8 Å². The SMILES string of the molecule is CC(C)(C)OC(=O)NCCCNC1CC(c2cccc(Br)c2)C1. The van der Waals surface area contributed by atoms with Crippen LogP contribution in [-0.2, 0) is 4.74 Å². The van der Waals surface area contributed by atoms with Crippen molar-refractivity contribution in [2.24, 2.45) is 0 Å². The first-order valence-electron chi connectivity index (χ1n) is 8.29. The molecular formula is C18H27BrN2O2. The van der Waals surface area contributed by atoms with Crippen molar-refractivity contribution in [3.8, 4) is 0 Å². The van der Waals surface area contributed by atoms with Gasteiger partial charge in [0.1, 0.15) is 5.60 Å². The Morgan fingerprint density at radius 1 is 1.30 bits per heavy atom. The number of ether oxygens (including phenoxy) is 1. The van der Waals surface area contributed by atoms with Crippen LogP contribution in [0.25, 0.3) is 0 Å².